The van der Waals surface area contributed by atoms with Crippen LogP contribution < -0.4 is 16.6 Å². The molecule has 0 saturated heterocycles. The Hall–Kier alpha value is -3.13. The Kier molecular flexibility index (Phi) is 4.28. The first-order valence-corrected chi connectivity index (χ1v) is 7.69. The topological polar surface area (TPSA) is 123 Å². The summed E-state index contributed by atoms with van der Waals surface area (Å²) in [7, 11) is 0. The zero-order valence-electron chi connectivity index (χ0n) is 13.1. The lowest BCUT2D eigenvalue weighted by Crippen LogP contribution is -2.32. The Balaban J connectivity index is 2.36. The maximum absolute atomic E-state index is 13.1. The van der Waals surface area contributed by atoms with Gasteiger partial charge < -0.3 is 16.2 Å². The van der Waals surface area contributed by atoms with E-state index in [1.54, 1.807) is 31.2 Å². The van der Waals surface area contributed by atoms with Crippen molar-refractivity contribution in [1.29, 1.82) is 0 Å². The van der Waals surface area contributed by atoms with Crippen LogP contribution in [0.3, 0.4) is 0 Å². The molecule has 0 bridgehead atoms. The van der Waals surface area contributed by atoms with E-state index in [-0.39, 0.29) is 16.2 Å². The quantitative estimate of drug-likeness (QED) is 0.659. The molecule has 0 spiro atoms. The largest absolute Gasteiger partial charge is 0.465 e. The third kappa shape index (κ3) is 3.11. The molecule has 0 aliphatic carbocycles. The molecule has 8 nitrogen and oxygen atoms in total. The van der Waals surface area contributed by atoms with Gasteiger partial charge in [0.15, 0.2) is 0 Å². The van der Waals surface area contributed by atoms with Gasteiger partial charge in [0.25, 0.3) is 5.56 Å². The summed E-state index contributed by atoms with van der Waals surface area (Å²) in [4.78, 5) is 32.5. The number of nitrogens with two attached hydrogens (primary N) is 1. The average molecular weight is 360 g/mol. The third-order valence-electron chi connectivity index (χ3n) is 3.63. The lowest BCUT2D eigenvalue weighted by atomic mass is 10.2. The highest BCUT2D eigenvalue weighted by Crippen LogP contribution is 2.22. The summed E-state index contributed by atoms with van der Waals surface area (Å²) in [6.45, 7) is 1.59. The maximum Gasteiger partial charge on any atom is 0.405 e. The number of nitrogens with one attached hydrogen (secondary N) is 1. The van der Waals surface area contributed by atoms with Crippen LogP contribution in [-0.4, -0.2) is 25.7 Å². The molecular weight excluding hydrogens is 346 g/mol. The molecule has 0 aliphatic rings. The first kappa shape index (κ1) is 16.7. The molecule has 0 radical (unpaired) electrons. The van der Waals surface area contributed by atoms with E-state index in [0.717, 1.165) is 0 Å². The third-order valence-corrected chi connectivity index (χ3v) is 3.94. The maximum atomic E-state index is 13.1. The Bertz CT molecular complexity index is 1020. The van der Waals surface area contributed by atoms with Crippen molar-refractivity contribution in [2.75, 3.05) is 5.73 Å². The summed E-state index contributed by atoms with van der Waals surface area (Å²) in [5.74, 6) is 0.510. The van der Waals surface area contributed by atoms with E-state index >= 15 is 0 Å². The summed E-state index contributed by atoms with van der Waals surface area (Å²) in [6, 6.07) is 7.31. The molecule has 1 aromatic carbocycles. The fourth-order valence-electron chi connectivity index (χ4n) is 2.53. The highest BCUT2D eigenvalue weighted by Gasteiger charge is 2.20. The van der Waals surface area contributed by atoms with E-state index in [2.05, 4.69) is 15.3 Å². The van der Waals surface area contributed by atoms with Crippen molar-refractivity contribution in [2.45, 2.75) is 13.0 Å². The number of anilines is 1. The van der Waals surface area contributed by atoms with Crippen LogP contribution in [0.15, 0.2) is 41.3 Å². The molecule has 0 fully saturated rings. The number of pyridine rings is 1. The number of hydrogen-bond donors (Lipinski definition) is 3. The molecule has 0 unspecified atom stereocenters. The number of carboxylic acid groups (broad SMARTS) is 1. The molecule has 3 rings (SSSR count). The van der Waals surface area contributed by atoms with E-state index in [1.165, 1.54) is 16.8 Å². The summed E-state index contributed by atoms with van der Waals surface area (Å²) in [5.41, 5.74) is 5.96. The van der Waals surface area contributed by atoms with Gasteiger partial charge in [-0.3, -0.25) is 9.36 Å². The molecule has 4 N–H and O–H groups in total. The second-order valence-electron chi connectivity index (χ2n) is 5.36. The van der Waals surface area contributed by atoms with E-state index in [1.807, 2.05) is 0 Å². The molecule has 0 aliphatic heterocycles. The summed E-state index contributed by atoms with van der Waals surface area (Å²) in [6.07, 6.45) is 0.188. The predicted octanol–water partition coefficient (Wildman–Crippen LogP) is 2.34. The van der Waals surface area contributed by atoms with Crippen LogP contribution in [0.25, 0.3) is 16.6 Å². The first-order chi connectivity index (χ1) is 11.9. The fraction of sp³-hybridized carbons (Fsp3) is 0.125. The van der Waals surface area contributed by atoms with Crippen molar-refractivity contribution >= 4 is 34.4 Å². The average Bonchev–Trinajstić information content (AvgIpc) is 2.55. The Morgan fingerprint density at radius 2 is 2.12 bits per heavy atom. The zero-order valence-corrected chi connectivity index (χ0v) is 13.9. The Labute approximate surface area is 146 Å². The lowest BCUT2D eigenvalue weighted by Gasteiger charge is -2.18. The second kappa shape index (κ2) is 6.40. The van der Waals surface area contributed by atoms with Gasteiger partial charge in [-0.05, 0) is 31.2 Å². The summed E-state index contributed by atoms with van der Waals surface area (Å²) in [5, 5.41) is 11.8. The van der Waals surface area contributed by atoms with E-state index < -0.39 is 17.7 Å². The van der Waals surface area contributed by atoms with E-state index in [0.29, 0.717) is 17.0 Å². The number of aromatic nitrogens is 3. The number of nitrogen functional groups attached to an aromatic ring is 1. The Morgan fingerprint density at radius 1 is 1.36 bits per heavy atom. The van der Waals surface area contributed by atoms with Crippen LogP contribution in [0.1, 0.15) is 18.8 Å². The van der Waals surface area contributed by atoms with Crippen LogP contribution in [0.5, 0.6) is 0 Å². The van der Waals surface area contributed by atoms with Gasteiger partial charge in [-0.1, -0.05) is 17.7 Å². The monoisotopic (exact) mass is 359 g/mol. The highest BCUT2D eigenvalue weighted by atomic mass is 35.5. The van der Waals surface area contributed by atoms with Gasteiger partial charge >= 0.3 is 6.09 Å². The summed E-state index contributed by atoms with van der Waals surface area (Å²) >= 11 is 6.16. The molecule has 1 atom stereocenters. The number of fused-ring (bicyclic) bond motifs is 1. The number of carbonyl (C=O) groups is 1. The van der Waals surface area contributed by atoms with Gasteiger partial charge in [-0.2, -0.15) is 0 Å². The number of rotatable bonds is 3. The van der Waals surface area contributed by atoms with Gasteiger partial charge in [-0.25, -0.2) is 14.8 Å². The number of hydrogen-bond acceptors (Lipinski definition) is 5. The Morgan fingerprint density at radius 3 is 2.76 bits per heavy atom. The zero-order chi connectivity index (χ0) is 18.1. The van der Waals surface area contributed by atoms with Crippen molar-refractivity contribution in [2.24, 2.45) is 0 Å². The smallest absolute Gasteiger partial charge is 0.405 e. The van der Waals surface area contributed by atoms with Gasteiger partial charge in [-0.15, -0.1) is 0 Å². The molecule has 1 amide bonds. The van der Waals surface area contributed by atoms with Crippen LogP contribution in [0, 0.1) is 0 Å². The first-order valence-electron chi connectivity index (χ1n) is 7.31. The van der Waals surface area contributed by atoms with Gasteiger partial charge in [0.05, 0.1) is 33.9 Å². The minimum Gasteiger partial charge on any atom is -0.465 e. The fourth-order valence-corrected chi connectivity index (χ4v) is 2.78. The lowest BCUT2D eigenvalue weighted by molar-refractivity contribution is 0.190. The minimum atomic E-state index is -1.23. The van der Waals surface area contributed by atoms with Gasteiger partial charge in [0.2, 0.25) is 0 Å². The van der Waals surface area contributed by atoms with Crippen molar-refractivity contribution in [3.63, 3.8) is 0 Å². The van der Waals surface area contributed by atoms with Crippen molar-refractivity contribution in [1.82, 2.24) is 19.9 Å². The molecular formula is C16H14ClN5O3. The van der Waals surface area contributed by atoms with Crippen molar-refractivity contribution in [3.05, 3.63) is 57.7 Å². The molecule has 2 aromatic heterocycles. The number of halogens is 1. The van der Waals surface area contributed by atoms with E-state index in [9.17, 15) is 9.59 Å². The van der Waals surface area contributed by atoms with Crippen LogP contribution >= 0.6 is 11.6 Å². The normalized spacial score (nSPS) is 12.1. The molecule has 9 heteroatoms. The molecule has 25 heavy (non-hydrogen) atoms. The van der Waals surface area contributed by atoms with Crippen molar-refractivity contribution < 1.29 is 9.90 Å². The second-order valence-corrected chi connectivity index (χ2v) is 5.76. The van der Waals surface area contributed by atoms with Crippen molar-refractivity contribution in [3.8, 4) is 5.69 Å². The summed E-state index contributed by atoms with van der Waals surface area (Å²) < 4.78 is 1.28. The predicted molar refractivity (Wildman–Crippen MR) is 94.1 cm³/mol. The highest BCUT2D eigenvalue weighted by molar-refractivity contribution is 6.35. The van der Waals surface area contributed by atoms with Gasteiger partial charge in [0, 0.05) is 0 Å². The number of amides is 1. The SMILES string of the molecule is C[C@H](NC(=O)O)c1nc2cccc(Cl)c2c(=O)n1-c1ccc(N)nc1. The van der Waals surface area contributed by atoms with E-state index in [4.69, 9.17) is 22.4 Å². The number of nitrogens with zero attached hydrogens (tertiary/aromatic N) is 3. The molecule has 2 heterocycles. The number of benzene rings is 1. The standard InChI is InChI=1S/C16H14ClN5O3/c1-8(20-16(24)25)14-21-11-4-2-3-10(17)13(11)15(23)22(14)9-5-6-12(18)19-7-9/h2-8,20H,1H3,(H2,18,19)(H,24,25)/t8-/m0/s1. The van der Waals surface area contributed by atoms with Crippen LogP contribution in [0.2, 0.25) is 5.02 Å². The van der Waals surface area contributed by atoms with Gasteiger partial charge in [0.1, 0.15) is 11.6 Å². The molecule has 3 aromatic rings. The van der Waals surface area contributed by atoms with Crippen LogP contribution in [0.4, 0.5) is 10.6 Å². The minimum absolute atomic E-state index is 0.216. The molecule has 128 valence electrons. The molecule has 0 saturated carbocycles. The van der Waals surface area contributed by atoms with Crippen LogP contribution in [-0.2, 0) is 0 Å².